The van der Waals surface area contributed by atoms with Crippen LogP contribution in [0.25, 0.3) is 0 Å². The predicted octanol–water partition coefficient (Wildman–Crippen LogP) is 2.25. The van der Waals surface area contributed by atoms with Crippen molar-refractivity contribution in [1.82, 2.24) is 5.32 Å². The first-order valence-electron chi connectivity index (χ1n) is 5.31. The number of rotatable bonds is 1. The molecule has 1 aliphatic heterocycles. The molecule has 1 fully saturated rings. The molecule has 2 rings (SSSR count). The van der Waals surface area contributed by atoms with Gasteiger partial charge in [0.15, 0.2) is 0 Å². The fourth-order valence-corrected chi connectivity index (χ4v) is 1.85. The van der Waals surface area contributed by atoms with Crippen molar-refractivity contribution >= 4 is 5.69 Å². The molecule has 1 saturated heterocycles. The fourth-order valence-electron chi connectivity index (χ4n) is 1.85. The third-order valence-corrected chi connectivity index (χ3v) is 2.74. The first kappa shape index (κ1) is 12.2. The maximum atomic E-state index is 13.1. The van der Waals surface area contributed by atoms with Gasteiger partial charge in [0.25, 0.3) is 0 Å². The Morgan fingerprint density at radius 3 is 2.35 bits per heavy atom. The molecule has 1 aliphatic rings. The standard InChI is InChI=1S/C11H12F4N2/c12-10-2-1-8(7-9(10)11(13,14)15)17-5-3-16-4-6-17/h1-2,7,16H,3-6H2. The molecule has 0 radical (unpaired) electrons. The van der Waals surface area contributed by atoms with E-state index in [-0.39, 0.29) is 0 Å². The molecule has 1 aromatic rings. The van der Waals surface area contributed by atoms with E-state index in [1.165, 1.54) is 6.07 Å². The first-order valence-corrected chi connectivity index (χ1v) is 5.31. The summed E-state index contributed by atoms with van der Waals surface area (Å²) in [7, 11) is 0. The third-order valence-electron chi connectivity index (χ3n) is 2.74. The van der Waals surface area contributed by atoms with E-state index >= 15 is 0 Å². The number of nitrogens with zero attached hydrogens (tertiary/aromatic N) is 1. The van der Waals surface area contributed by atoms with Crippen LogP contribution in [0.4, 0.5) is 23.2 Å². The molecule has 0 aliphatic carbocycles. The van der Waals surface area contributed by atoms with Crippen LogP contribution in [0.15, 0.2) is 18.2 Å². The van der Waals surface area contributed by atoms with Gasteiger partial charge in [-0.05, 0) is 18.2 Å². The second-order valence-electron chi connectivity index (χ2n) is 3.90. The monoisotopic (exact) mass is 248 g/mol. The topological polar surface area (TPSA) is 15.3 Å². The Morgan fingerprint density at radius 2 is 1.76 bits per heavy atom. The molecular formula is C11H12F4N2. The van der Waals surface area contributed by atoms with Gasteiger partial charge in [-0.1, -0.05) is 0 Å². The summed E-state index contributed by atoms with van der Waals surface area (Å²) in [5.41, 5.74) is -0.784. The number of anilines is 1. The third kappa shape index (κ3) is 2.69. The highest BCUT2D eigenvalue weighted by Gasteiger charge is 2.34. The van der Waals surface area contributed by atoms with Crippen molar-refractivity contribution < 1.29 is 17.6 Å². The van der Waals surface area contributed by atoms with Gasteiger partial charge in [0.1, 0.15) is 5.82 Å². The van der Waals surface area contributed by atoms with Crippen molar-refractivity contribution in [2.45, 2.75) is 6.18 Å². The maximum Gasteiger partial charge on any atom is 0.419 e. The van der Waals surface area contributed by atoms with E-state index in [9.17, 15) is 17.6 Å². The van der Waals surface area contributed by atoms with E-state index in [2.05, 4.69) is 5.32 Å². The minimum atomic E-state index is -4.64. The summed E-state index contributed by atoms with van der Waals surface area (Å²) in [5, 5.41) is 3.10. The van der Waals surface area contributed by atoms with Crippen molar-refractivity contribution in [3.8, 4) is 0 Å². The smallest absolute Gasteiger partial charge is 0.369 e. The van der Waals surface area contributed by atoms with Gasteiger partial charge in [0.2, 0.25) is 0 Å². The molecule has 0 aromatic heterocycles. The van der Waals surface area contributed by atoms with Gasteiger partial charge >= 0.3 is 6.18 Å². The van der Waals surface area contributed by atoms with Crippen molar-refractivity contribution in [3.05, 3.63) is 29.6 Å². The fraction of sp³-hybridized carbons (Fsp3) is 0.455. The average Bonchev–Trinajstić information content (AvgIpc) is 2.29. The number of alkyl halides is 3. The summed E-state index contributed by atoms with van der Waals surface area (Å²) in [5.74, 6) is -1.23. The number of benzene rings is 1. The normalized spacial score (nSPS) is 17.3. The lowest BCUT2D eigenvalue weighted by Crippen LogP contribution is -2.43. The Kier molecular flexibility index (Phi) is 3.24. The van der Waals surface area contributed by atoms with Gasteiger partial charge < -0.3 is 10.2 Å². The maximum absolute atomic E-state index is 13.1. The second-order valence-corrected chi connectivity index (χ2v) is 3.90. The van der Waals surface area contributed by atoms with E-state index in [4.69, 9.17) is 0 Å². The molecule has 1 aromatic carbocycles. The number of hydrogen-bond acceptors (Lipinski definition) is 2. The van der Waals surface area contributed by atoms with Gasteiger partial charge in [-0.2, -0.15) is 13.2 Å². The van der Waals surface area contributed by atoms with Crippen molar-refractivity contribution in [1.29, 1.82) is 0 Å². The Labute approximate surface area is 96.2 Å². The van der Waals surface area contributed by atoms with Crippen molar-refractivity contribution in [3.63, 3.8) is 0 Å². The summed E-state index contributed by atoms with van der Waals surface area (Å²) in [6.07, 6.45) is -4.64. The number of piperazine rings is 1. The van der Waals surface area contributed by atoms with E-state index in [0.717, 1.165) is 25.2 Å². The Balaban J connectivity index is 2.30. The molecule has 94 valence electrons. The quantitative estimate of drug-likeness (QED) is 0.767. The largest absolute Gasteiger partial charge is 0.419 e. The predicted molar refractivity (Wildman–Crippen MR) is 56.5 cm³/mol. The molecule has 0 amide bonds. The van der Waals surface area contributed by atoms with Crippen LogP contribution >= 0.6 is 0 Å². The van der Waals surface area contributed by atoms with Crippen LogP contribution in [0.5, 0.6) is 0 Å². The minimum Gasteiger partial charge on any atom is -0.369 e. The zero-order valence-corrected chi connectivity index (χ0v) is 9.02. The van der Waals surface area contributed by atoms with Crippen LogP contribution in [-0.2, 0) is 6.18 Å². The molecular weight excluding hydrogens is 236 g/mol. The molecule has 1 heterocycles. The lowest BCUT2D eigenvalue weighted by molar-refractivity contribution is -0.139. The Hall–Kier alpha value is -1.30. The van der Waals surface area contributed by atoms with Gasteiger partial charge in [0.05, 0.1) is 5.56 Å². The summed E-state index contributed by atoms with van der Waals surface area (Å²) in [6, 6.07) is 3.14. The number of nitrogens with one attached hydrogen (secondary N) is 1. The molecule has 17 heavy (non-hydrogen) atoms. The molecule has 0 bridgehead atoms. The van der Waals surface area contributed by atoms with E-state index < -0.39 is 17.6 Å². The zero-order valence-electron chi connectivity index (χ0n) is 9.02. The second kappa shape index (κ2) is 4.52. The van der Waals surface area contributed by atoms with Crippen LogP contribution in [-0.4, -0.2) is 26.2 Å². The highest BCUT2D eigenvalue weighted by Crippen LogP contribution is 2.33. The Morgan fingerprint density at radius 1 is 1.12 bits per heavy atom. The SMILES string of the molecule is Fc1ccc(N2CCNCC2)cc1C(F)(F)F. The van der Waals surface area contributed by atoms with Crippen LogP contribution in [0.3, 0.4) is 0 Å². The van der Waals surface area contributed by atoms with Crippen molar-refractivity contribution in [2.75, 3.05) is 31.1 Å². The number of halogens is 4. The number of hydrogen-bond donors (Lipinski definition) is 1. The van der Waals surface area contributed by atoms with Gasteiger partial charge in [-0.3, -0.25) is 0 Å². The van der Waals surface area contributed by atoms with Crippen LogP contribution < -0.4 is 10.2 Å². The highest BCUT2D eigenvalue weighted by molar-refractivity contribution is 5.50. The van der Waals surface area contributed by atoms with E-state index in [1.54, 1.807) is 0 Å². The van der Waals surface area contributed by atoms with Crippen LogP contribution in [0, 0.1) is 5.82 Å². The zero-order chi connectivity index (χ0) is 12.5. The molecule has 0 saturated carbocycles. The lowest BCUT2D eigenvalue weighted by atomic mass is 10.1. The van der Waals surface area contributed by atoms with E-state index in [0.29, 0.717) is 18.8 Å². The lowest BCUT2D eigenvalue weighted by Gasteiger charge is -2.29. The summed E-state index contributed by atoms with van der Waals surface area (Å²) >= 11 is 0. The summed E-state index contributed by atoms with van der Waals surface area (Å²) < 4.78 is 50.7. The molecule has 6 heteroatoms. The van der Waals surface area contributed by atoms with Crippen LogP contribution in [0.2, 0.25) is 0 Å². The highest BCUT2D eigenvalue weighted by atomic mass is 19.4. The summed E-state index contributed by atoms with van der Waals surface area (Å²) in [6.45, 7) is 2.70. The molecule has 2 nitrogen and oxygen atoms in total. The van der Waals surface area contributed by atoms with Crippen molar-refractivity contribution in [2.24, 2.45) is 0 Å². The first-order chi connectivity index (χ1) is 7.98. The van der Waals surface area contributed by atoms with Crippen LogP contribution in [0.1, 0.15) is 5.56 Å². The molecule has 0 atom stereocenters. The van der Waals surface area contributed by atoms with Gasteiger partial charge in [0, 0.05) is 31.9 Å². The minimum absolute atomic E-state index is 0.417. The van der Waals surface area contributed by atoms with Gasteiger partial charge in [-0.25, -0.2) is 4.39 Å². The molecule has 1 N–H and O–H groups in total. The average molecular weight is 248 g/mol. The Bertz CT molecular complexity index is 397. The van der Waals surface area contributed by atoms with Gasteiger partial charge in [-0.15, -0.1) is 0 Å². The van der Waals surface area contributed by atoms with E-state index in [1.807, 2.05) is 4.90 Å². The molecule has 0 spiro atoms. The molecule has 0 unspecified atom stereocenters. The summed E-state index contributed by atoms with van der Waals surface area (Å²) in [4.78, 5) is 1.81.